The van der Waals surface area contributed by atoms with Crippen molar-refractivity contribution in [2.24, 2.45) is 0 Å². The van der Waals surface area contributed by atoms with Crippen molar-refractivity contribution in [3.63, 3.8) is 0 Å². The summed E-state index contributed by atoms with van der Waals surface area (Å²) in [6.07, 6.45) is 0.919. The van der Waals surface area contributed by atoms with Crippen LogP contribution in [0.4, 0.5) is 0 Å². The number of esters is 1. The molecule has 0 fully saturated rings. The molecule has 0 saturated carbocycles. The molecule has 0 unspecified atom stereocenters. The van der Waals surface area contributed by atoms with Gasteiger partial charge in [0.25, 0.3) is 0 Å². The second kappa shape index (κ2) is 6.00. The molecule has 0 spiro atoms. The van der Waals surface area contributed by atoms with Gasteiger partial charge in [-0.2, -0.15) is 0 Å². The van der Waals surface area contributed by atoms with Crippen molar-refractivity contribution >= 4 is 5.97 Å². The maximum Gasteiger partial charge on any atom is 0.337 e. The lowest BCUT2D eigenvalue weighted by Gasteiger charge is -2.10. The molecule has 0 aliphatic heterocycles. The van der Waals surface area contributed by atoms with E-state index in [4.69, 9.17) is 9.47 Å². The third kappa shape index (κ3) is 2.89. The average Bonchev–Trinajstić information content (AvgIpc) is 2.35. The van der Waals surface area contributed by atoms with Crippen molar-refractivity contribution in [3.05, 3.63) is 23.8 Å². The summed E-state index contributed by atoms with van der Waals surface area (Å²) < 4.78 is 15.2. The Kier molecular flexibility index (Phi) is 4.64. The van der Waals surface area contributed by atoms with Gasteiger partial charge in [0.05, 0.1) is 26.4 Å². The molecule has 1 aromatic rings. The van der Waals surface area contributed by atoms with Crippen LogP contribution in [0.1, 0.15) is 23.7 Å². The number of hydrogen-bond acceptors (Lipinski definition) is 4. The zero-order chi connectivity index (χ0) is 12.0. The maximum atomic E-state index is 11.3. The van der Waals surface area contributed by atoms with Gasteiger partial charge in [-0.3, -0.25) is 0 Å². The van der Waals surface area contributed by atoms with Crippen LogP contribution in [0.2, 0.25) is 0 Å². The molecule has 0 amide bonds. The lowest BCUT2D eigenvalue weighted by atomic mass is 10.2. The second-order valence-electron chi connectivity index (χ2n) is 3.21. The van der Waals surface area contributed by atoms with Crippen molar-refractivity contribution in [2.75, 3.05) is 20.8 Å². The number of ether oxygens (including phenoxy) is 3. The first-order valence-electron chi connectivity index (χ1n) is 5.12. The van der Waals surface area contributed by atoms with Crippen LogP contribution in [0, 0.1) is 0 Å². The Labute approximate surface area is 95.1 Å². The van der Waals surface area contributed by atoms with Gasteiger partial charge in [-0.25, -0.2) is 4.79 Å². The zero-order valence-corrected chi connectivity index (χ0v) is 9.78. The summed E-state index contributed by atoms with van der Waals surface area (Å²) in [6.45, 7) is 2.64. The normalized spacial score (nSPS) is 9.69. The molecule has 4 nitrogen and oxygen atoms in total. The summed E-state index contributed by atoms with van der Waals surface area (Å²) in [5.41, 5.74) is 0.447. The van der Waals surface area contributed by atoms with Gasteiger partial charge in [0.2, 0.25) is 0 Å². The summed E-state index contributed by atoms with van der Waals surface area (Å²) in [5.74, 6) is 0.786. The van der Waals surface area contributed by atoms with Gasteiger partial charge in [-0.1, -0.05) is 6.92 Å². The van der Waals surface area contributed by atoms with Crippen LogP contribution in [-0.4, -0.2) is 26.8 Å². The van der Waals surface area contributed by atoms with E-state index in [1.165, 1.54) is 14.2 Å². The molecule has 0 aromatic heterocycles. The fourth-order valence-corrected chi connectivity index (χ4v) is 1.24. The van der Waals surface area contributed by atoms with Crippen molar-refractivity contribution in [3.8, 4) is 11.5 Å². The van der Waals surface area contributed by atoms with Gasteiger partial charge in [0.1, 0.15) is 0 Å². The SMILES string of the molecule is CCCOc1ccc(C(=O)OC)cc1OC. The minimum absolute atomic E-state index is 0.389. The van der Waals surface area contributed by atoms with Gasteiger partial charge in [-0.15, -0.1) is 0 Å². The lowest BCUT2D eigenvalue weighted by molar-refractivity contribution is 0.0600. The van der Waals surface area contributed by atoms with Crippen LogP contribution in [0.3, 0.4) is 0 Å². The molecule has 1 aromatic carbocycles. The van der Waals surface area contributed by atoms with E-state index >= 15 is 0 Å². The van der Waals surface area contributed by atoms with E-state index in [1.54, 1.807) is 18.2 Å². The molecule has 0 atom stereocenters. The second-order valence-corrected chi connectivity index (χ2v) is 3.21. The summed E-state index contributed by atoms with van der Waals surface area (Å²) >= 11 is 0. The number of carbonyl (C=O) groups is 1. The fourth-order valence-electron chi connectivity index (χ4n) is 1.24. The predicted molar refractivity (Wildman–Crippen MR) is 60.1 cm³/mol. The molecule has 0 aliphatic rings. The Balaban J connectivity index is 2.92. The maximum absolute atomic E-state index is 11.3. The Morgan fingerprint density at radius 1 is 1.25 bits per heavy atom. The highest BCUT2D eigenvalue weighted by Crippen LogP contribution is 2.28. The molecule has 0 saturated heterocycles. The first kappa shape index (κ1) is 12.4. The third-order valence-electron chi connectivity index (χ3n) is 2.05. The van der Waals surface area contributed by atoms with Crippen LogP contribution in [-0.2, 0) is 4.74 Å². The van der Waals surface area contributed by atoms with Crippen LogP contribution in [0.5, 0.6) is 11.5 Å². The van der Waals surface area contributed by atoms with E-state index in [0.717, 1.165) is 6.42 Å². The number of methoxy groups -OCH3 is 2. The van der Waals surface area contributed by atoms with E-state index in [9.17, 15) is 4.79 Å². The van der Waals surface area contributed by atoms with E-state index in [1.807, 2.05) is 6.92 Å². The van der Waals surface area contributed by atoms with E-state index in [2.05, 4.69) is 4.74 Å². The van der Waals surface area contributed by atoms with E-state index < -0.39 is 0 Å². The van der Waals surface area contributed by atoms with Crippen molar-refractivity contribution < 1.29 is 19.0 Å². The first-order chi connectivity index (χ1) is 7.72. The number of benzene rings is 1. The molecule has 0 aliphatic carbocycles. The quantitative estimate of drug-likeness (QED) is 0.720. The first-order valence-corrected chi connectivity index (χ1v) is 5.12. The topological polar surface area (TPSA) is 44.8 Å². The van der Waals surface area contributed by atoms with Gasteiger partial charge in [0.15, 0.2) is 11.5 Å². The van der Waals surface area contributed by atoms with Crippen LogP contribution < -0.4 is 9.47 Å². The van der Waals surface area contributed by atoms with E-state index in [0.29, 0.717) is 23.7 Å². The molecule has 1 rings (SSSR count). The summed E-state index contributed by atoms with van der Waals surface area (Å²) in [5, 5.41) is 0. The molecular formula is C12H16O4. The highest BCUT2D eigenvalue weighted by Gasteiger charge is 2.10. The standard InChI is InChI=1S/C12H16O4/c1-4-7-16-10-6-5-9(12(13)15-3)8-11(10)14-2/h5-6,8H,4,7H2,1-3H3. The molecule has 0 N–H and O–H groups in total. The highest BCUT2D eigenvalue weighted by atomic mass is 16.5. The highest BCUT2D eigenvalue weighted by molar-refractivity contribution is 5.90. The van der Waals surface area contributed by atoms with Crippen molar-refractivity contribution in [1.82, 2.24) is 0 Å². The Bertz CT molecular complexity index is 360. The molecule has 4 heteroatoms. The lowest BCUT2D eigenvalue weighted by Crippen LogP contribution is -2.03. The van der Waals surface area contributed by atoms with Gasteiger partial charge in [-0.05, 0) is 24.6 Å². The molecular weight excluding hydrogens is 208 g/mol. The monoisotopic (exact) mass is 224 g/mol. The summed E-state index contributed by atoms with van der Waals surface area (Å²) in [6, 6.07) is 4.97. The largest absolute Gasteiger partial charge is 0.493 e. The van der Waals surface area contributed by atoms with Crippen LogP contribution >= 0.6 is 0 Å². The number of hydrogen-bond donors (Lipinski definition) is 0. The Morgan fingerprint density at radius 3 is 2.56 bits per heavy atom. The number of rotatable bonds is 5. The fraction of sp³-hybridized carbons (Fsp3) is 0.417. The summed E-state index contributed by atoms with van der Waals surface area (Å²) in [4.78, 5) is 11.3. The molecule has 88 valence electrons. The van der Waals surface area contributed by atoms with Crippen LogP contribution in [0.15, 0.2) is 18.2 Å². The minimum Gasteiger partial charge on any atom is -0.493 e. The number of carbonyl (C=O) groups excluding carboxylic acids is 1. The van der Waals surface area contributed by atoms with Gasteiger partial charge < -0.3 is 14.2 Å². The van der Waals surface area contributed by atoms with Crippen LogP contribution in [0.25, 0.3) is 0 Å². The van der Waals surface area contributed by atoms with E-state index in [-0.39, 0.29) is 5.97 Å². The Morgan fingerprint density at radius 2 is 2.00 bits per heavy atom. The minimum atomic E-state index is -0.389. The van der Waals surface area contributed by atoms with Gasteiger partial charge >= 0.3 is 5.97 Å². The molecule has 0 radical (unpaired) electrons. The molecule has 16 heavy (non-hydrogen) atoms. The molecule has 0 heterocycles. The third-order valence-corrected chi connectivity index (χ3v) is 2.05. The Hall–Kier alpha value is -1.71. The van der Waals surface area contributed by atoms with Gasteiger partial charge in [0, 0.05) is 0 Å². The van der Waals surface area contributed by atoms with Crippen molar-refractivity contribution in [1.29, 1.82) is 0 Å². The van der Waals surface area contributed by atoms with Crippen molar-refractivity contribution in [2.45, 2.75) is 13.3 Å². The average molecular weight is 224 g/mol. The smallest absolute Gasteiger partial charge is 0.337 e. The predicted octanol–water partition coefficient (Wildman–Crippen LogP) is 2.27. The molecule has 0 bridgehead atoms. The zero-order valence-electron chi connectivity index (χ0n) is 9.78. The summed E-state index contributed by atoms with van der Waals surface area (Å²) in [7, 11) is 2.88.